The van der Waals surface area contributed by atoms with Crippen molar-refractivity contribution in [3.63, 3.8) is 0 Å². The number of carbonyl (C=O) groups is 1. The van der Waals surface area contributed by atoms with E-state index < -0.39 is 15.7 Å². The van der Waals surface area contributed by atoms with E-state index in [-0.39, 0.29) is 15.5 Å². The van der Waals surface area contributed by atoms with Crippen LogP contribution in [0.4, 0.5) is 0 Å². The lowest BCUT2D eigenvalue weighted by Gasteiger charge is -2.03. The molecule has 3 rings (SSSR count). The summed E-state index contributed by atoms with van der Waals surface area (Å²) in [7, 11) is -3.34. The maximum atomic E-state index is 12.6. The number of nitrogens with zero attached hydrogens (tertiary/aromatic N) is 2. The molecule has 0 radical (unpaired) electrons. The Kier molecular flexibility index (Phi) is 5.58. The number of allylic oxidation sites excluding steroid dienone is 1. The Bertz CT molecular complexity index is 1240. The fourth-order valence-electron chi connectivity index (χ4n) is 2.48. The van der Waals surface area contributed by atoms with Gasteiger partial charge in [-0.3, -0.25) is 4.79 Å². The van der Waals surface area contributed by atoms with Gasteiger partial charge in [0.25, 0.3) is 5.91 Å². The highest BCUT2D eigenvalue weighted by atomic mass is 35.5. The van der Waals surface area contributed by atoms with Gasteiger partial charge in [-0.1, -0.05) is 40.6 Å². The van der Waals surface area contributed by atoms with E-state index in [2.05, 4.69) is 11.6 Å². The van der Waals surface area contributed by atoms with Crippen LogP contribution in [0.2, 0.25) is 10.0 Å². The molecule has 140 valence electrons. The van der Waals surface area contributed by atoms with E-state index in [0.29, 0.717) is 21.1 Å². The van der Waals surface area contributed by atoms with Gasteiger partial charge in [0.15, 0.2) is 14.6 Å². The summed E-state index contributed by atoms with van der Waals surface area (Å²) >= 11 is 13.2. The number of hydrogen-bond donors (Lipinski definition) is 0. The molecule has 0 aliphatic rings. The quantitative estimate of drug-likeness (QED) is 0.566. The van der Waals surface area contributed by atoms with Crippen LogP contribution in [-0.2, 0) is 16.4 Å². The molecule has 0 aliphatic heterocycles. The van der Waals surface area contributed by atoms with E-state index >= 15 is 0 Å². The first-order valence-electron chi connectivity index (χ1n) is 7.69. The number of rotatable bonds is 4. The van der Waals surface area contributed by atoms with Crippen molar-refractivity contribution in [1.29, 1.82) is 0 Å². The smallest absolute Gasteiger partial charge is 0.281 e. The minimum atomic E-state index is -3.34. The van der Waals surface area contributed by atoms with Gasteiger partial charge in [0, 0.05) is 17.8 Å². The van der Waals surface area contributed by atoms with Crippen LogP contribution in [0, 0.1) is 0 Å². The van der Waals surface area contributed by atoms with E-state index in [4.69, 9.17) is 23.2 Å². The number of benzene rings is 2. The van der Waals surface area contributed by atoms with E-state index in [1.165, 1.54) is 29.5 Å². The van der Waals surface area contributed by atoms with Crippen molar-refractivity contribution in [2.24, 2.45) is 4.99 Å². The average molecular weight is 441 g/mol. The monoisotopic (exact) mass is 440 g/mol. The zero-order valence-corrected chi connectivity index (χ0v) is 17.3. The summed E-state index contributed by atoms with van der Waals surface area (Å²) in [6, 6.07) is 9.39. The van der Waals surface area contributed by atoms with Gasteiger partial charge in [0.05, 0.1) is 25.7 Å². The molecule has 0 fully saturated rings. The molecule has 2 aromatic carbocycles. The maximum absolute atomic E-state index is 12.6. The molecule has 0 bridgehead atoms. The fraction of sp³-hybridized carbons (Fsp3) is 0.111. The SMILES string of the molecule is C=CCn1c(=NC(=O)c2cc(Cl)ccc2Cl)sc2cc(S(C)(=O)=O)ccc21. The van der Waals surface area contributed by atoms with Crippen LogP contribution in [0.25, 0.3) is 10.2 Å². The number of thiazole rings is 1. The van der Waals surface area contributed by atoms with Crippen molar-refractivity contribution in [1.82, 2.24) is 4.57 Å². The molecule has 5 nitrogen and oxygen atoms in total. The van der Waals surface area contributed by atoms with Crippen molar-refractivity contribution in [3.05, 3.63) is 69.5 Å². The van der Waals surface area contributed by atoms with Crippen LogP contribution in [0.3, 0.4) is 0 Å². The van der Waals surface area contributed by atoms with Gasteiger partial charge in [0.1, 0.15) is 0 Å². The first-order chi connectivity index (χ1) is 12.7. The second kappa shape index (κ2) is 7.59. The molecule has 0 aliphatic carbocycles. The Morgan fingerprint density at radius 2 is 2.00 bits per heavy atom. The highest BCUT2D eigenvalue weighted by Gasteiger charge is 2.14. The van der Waals surface area contributed by atoms with Gasteiger partial charge in [-0.05, 0) is 36.4 Å². The van der Waals surface area contributed by atoms with Gasteiger partial charge >= 0.3 is 0 Å². The van der Waals surface area contributed by atoms with Gasteiger partial charge in [0.2, 0.25) is 0 Å². The summed E-state index contributed by atoms with van der Waals surface area (Å²) < 4.78 is 26.1. The van der Waals surface area contributed by atoms with Crippen LogP contribution in [0.1, 0.15) is 10.4 Å². The predicted molar refractivity (Wildman–Crippen MR) is 109 cm³/mol. The lowest BCUT2D eigenvalue weighted by atomic mass is 10.2. The maximum Gasteiger partial charge on any atom is 0.281 e. The molecular weight excluding hydrogens is 427 g/mol. The zero-order valence-electron chi connectivity index (χ0n) is 14.1. The summed E-state index contributed by atoms with van der Waals surface area (Å²) in [5, 5.41) is 0.634. The van der Waals surface area contributed by atoms with E-state index in [9.17, 15) is 13.2 Å². The average Bonchev–Trinajstić information content (AvgIpc) is 2.93. The van der Waals surface area contributed by atoms with Crippen LogP contribution in [-0.4, -0.2) is 25.1 Å². The van der Waals surface area contributed by atoms with Crippen LogP contribution in [0.15, 0.2) is 58.9 Å². The molecule has 0 N–H and O–H groups in total. The molecular formula is C18H14Cl2N2O3S2. The predicted octanol–water partition coefficient (Wildman–Crippen LogP) is 4.34. The molecule has 1 aromatic heterocycles. The highest BCUT2D eigenvalue weighted by Crippen LogP contribution is 2.23. The second-order valence-corrected chi connectivity index (χ2v) is 9.60. The van der Waals surface area contributed by atoms with Gasteiger partial charge in [-0.15, -0.1) is 6.58 Å². The van der Waals surface area contributed by atoms with Crippen LogP contribution in [0.5, 0.6) is 0 Å². The minimum Gasteiger partial charge on any atom is -0.312 e. The normalized spacial score (nSPS) is 12.5. The van der Waals surface area contributed by atoms with Crippen molar-refractivity contribution >= 4 is 60.5 Å². The lowest BCUT2D eigenvalue weighted by Crippen LogP contribution is -2.16. The fourth-order valence-corrected chi connectivity index (χ4v) is 4.65. The van der Waals surface area contributed by atoms with Crippen molar-refractivity contribution < 1.29 is 13.2 Å². The Balaban J connectivity index is 2.21. The van der Waals surface area contributed by atoms with Gasteiger partial charge < -0.3 is 4.57 Å². The number of halogens is 2. The van der Waals surface area contributed by atoms with E-state index in [1.54, 1.807) is 28.8 Å². The number of amides is 1. The molecule has 0 atom stereocenters. The molecule has 0 spiro atoms. The third-order valence-corrected chi connectivity index (χ3v) is 6.47. The van der Waals surface area contributed by atoms with Crippen molar-refractivity contribution in [2.45, 2.75) is 11.4 Å². The van der Waals surface area contributed by atoms with E-state index in [0.717, 1.165) is 11.8 Å². The molecule has 1 amide bonds. The highest BCUT2D eigenvalue weighted by molar-refractivity contribution is 7.90. The Labute approximate surface area is 170 Å². The lowest BCUT2D eigenvalue weighted by molar-refractivity contribution is 0.0998. The van der Waals surface area contributed by atoms with Gasteiger partial charge in [-0.25, -0.2) is 8.42 Å². The molecule has 0 saturated heterocycles. The first-order valence-corrected chi connectivity index (χ1v) is 11.2. The number of aromatic nitrogens is 1. The summed E-state index contributed by atoms with van der Waals surface area (Å²) in [6.45, 7) is 4.14. The summed E-state index contributed by atoms with van der Waals surface area (Å²) in [5.74, 6) is -0.532. The third kappa shape index (κ3) is 4.16. The Morgan fingerprint density at radius 3 is 2.67 bits per heavy atom. The van der Waals surface area contributed by atoms with Crippen LogP contribution < -0.4 is 4.80 Å². The van der Waals surface area contributed by atoms with Crippen molar-refractivity contribution in [3.8, 4) is 0 Å². The molecule has 0 unspecified atom stereocenters. The minimum absolute atomic E-state index is 0.198. The molecule has 9 heteroatoms. The standard InChI is InChI=1S/C18H14Cl2N2O3S2/c1-3-8-22-15-7-5-12(27(2,24)25)10-16(15)26-18(22)21-17(23)13-9-11(19)4-6-14(13)20/h3-7,9-10H,1,8H2,2H3. The largest absolute Gasteiger partial charge is 0.312 e. The first kappa shape index (κ1) is 19.8. The third-order valence-electron chi connectivity index (χ3n) is 3.75. The van der Waals surface area contributed by atoms with Crippen LogP contribution >= 0.6 is 34.5 Å². The molecule has 1 heterocycles. The molecule has 3 aromatic rings. The van der Waals surface area contributed by atoms with E-state index in [1.807, 2.05) is 0 Å². The zero-order chi connectivity index (χ0) is 19.8. The number of hydrogen-bond acceptors (Lipinski definition) is 4. The van der Waals surface area contributed by atoms with Crippen molar-refractivity contribution in [2.75, 3.05) is 6.26 Å². The Morgan fingerprint density at radius 1 is 1.26 bits per heavy atom. The topological polar surface area (TPSA) is 68.5 Å². The summed E-state index contributed by atoms with van der Waals surface area (Å²) in [4.78, 5) is 17.4. The second-order valence-electron chi connectivity index (χ2n) is 5.73. The summed E-state index contributed by atoms with van der Waals surface area (Å²) in [6.07, 6.45) is 2.82. The Hall–Kier alpha value is -1.93. The molecule has 27 heavy (non-hydrogen) atoms. The number of fused-ring (bicyclic) bond motifs is 1. The van der Waals surface area contributed by atoms with Gasteiger partial charge in [-0.2, -0.15) is 4.99 Å². The number of carbonyl (C=O) groups excluding carboxylic acids is 1. The number of sulfone groups is 1. The molecule has 0 saturated carbocycles. The summed E-state index contributed by atoms with van der Waals surface area (Å²) in [5.41, 5.74) is 0.958.